The van der Waals surface area contributed by atoms with Crippen LogP contribution < -0.4 is 10.2 Å². The molecule has 0 spiro atoms. The van der Waals surface area contributed by atoms with Crippen LogP contribution in [0.2, 0.25) is 0 Å². The van der Waals surface area contributed by atoms with E-state index in [1.165, 1.54) is 23.3 Å². The number of carbonyl (C=O) groups is 2. The highest BCUT2D eigenvalue weighted by Crippen LogP contribution is 2.23. The second kappa shape index (κ2) is 11.8. The van der Waals surface area contributed by atoms with Gasteiger partial charge in [-0.05, 0) is 48.5 Å². The molecule has 0 unspecified atom stereocenters. The highest BCUT2D eigenvalue weighted by molar-refractivity contribution is 5.86. The first-order chi connectivity index (χ1) is 15.9. The van der Waals surface area contributed by atoms with E-state index in [0.29, 0.717) is 25.3 Å². The van der Waals surface area contributed by atoms with Crippen LogP contribution in [0.5, 0.6) is 0 Å². The quantitative estimate of drug-likeness (QED) is 0.564. The molecule has 0 fully saturated rings. The molecule has 1 heterocycles. The molecule has 0 aliphatic carbocycles. The molecule has 2 aromatic carbocycles. The maximum atomic E-state index is 13.5. The Kier molecular flexibility index (Phi) is 8.79. The molecule has 7 nitrogen and oxygen atoms in total. The fraction of sp³-hybridized carbons (Fsp3) is 0.440. The number of anilines is 1. The van der Waals surface area contributed by atoms with Crippen molar-refractivity contribution in [3.05, 3.63) is 65.5 Å². The SMILES string of the molecule is CCN(CC)CCNC(=O)CN(CC(=O)N(C)N1Cc2ccccc2C1)c1ccc(F)cc1. The topological polar surface area (TPSA) is 59.1 Å². The van der Waals surface area contributed by atoms with Crippen molar-refractivity contribution >= 4 is 17.5 Å². The van der Waals surface area contributed by atoms with Gasteiger partial charge in [0.15, 0.2) is 0 Å². The van der Waals surface area contributed by atoms with Crippen molar-refractivity contribution in [3.8, 4) is 0 Å². The maximum Gasteiger partial charge on any atom is 0.256 e. The number of carbonyl (C=O) groups excluding carboxylic acids is 2. The first-order valence-corrected chi connectivity index (χ1v) is 11.5. The average Bonchev–Trinajstić information content (AvgIpc) is 3.25. The summed E-state index contributed by atoms with van der Waals surface area (Å²) >= 11 is 0. The summed E-state index contributed by atoms with van der Waals surface area (Å²) in [7, 11) is 1.75. The smallest absolute Gasteiger partial charge is 0.256 e. The lowest BCUT2D eigenvalue weighted by atomic mass is 10.1. The summed E-state index contributed by atoms with van der Waals surface area (Å²) in [6.07, 6.45) is 0. The standard InChI is InChI=1S/C25H34FN5O2/c1-4-29(5-2)15-14-27-24(32)18-30(23-12-10-22(26)11-13-23)19-25(33)28(3)31-16-20-8-6-7-9-21(20)17-31/h6-13H,4-5,14-19H2,1-3H3,(H,27,32). The van der Waals surface area contributed by atoms with Crippen LogP contribution in [0.3, 0.4) is 0 Å². The molecule has 0 bridgehead atoms. The van der Waals surface area contributed by atoms with Crippen LogP contribution in [0, 0.1) is 5.82 Å². The molecule has 3 rings (SSSR count). The number of benzene rings is 2. The van der Waals surface area contributed by atoms with Gasteiger partial charge < -0.3 is 15.1 Å². The highest BCUT2D eigenvalue weighted by Gasteiger charge is 2.26. The van der Waals surface area contributed by atoms with Crippen LogP contribution >= 0.6 is 0 Å². The largest absolute Gasteiger partial charge is 0.353 e. The third kappa shape index (κ3) is 6.76. The molecule has 33 heavy (non-hydrogen) atoms. The molecule has 0 radical (unpaired) electrons. The van der Waals surface area contributed by atoms with E-state index in [-0.39, 0.29) is 30.7 Å². The number of nitrogens with zero attached hydrogens (tertiary/aromatic N) is 4. The molecule has 0 saturated carbocycles. The normalized spacial score (nSPS) is 13.1. The number of hydrogen-bond donors (Lipinski definition) is 1. The molecule has 2 aromatic rings. The third-order valence-electron chi connectivity index (χ3n) is 6.11. The predicted molar refractivity (Wildman–Crippen MR) is 128 cm³/mol. The molecule has 0 aromatic heterocycles. The predicted octanol–water partition coefficient (Wildman–Crippen LogP) is 2.48. The second-order valence-electron chi connectivity index (χ2n) is 8.22. The van der Waals surface area contributed by atoms with Gasteiger partial charge in [0.25, 0.3) is 5.91 Å². The van der Waals surface area contributed by atoms with Crippen molar-refractivity contribution in [2.45, 2.75) is 26.9 Å². The molecule has 1 aliphatic rings. The number of halogens is 1. The lowest BCUT2D eigenvalue weighted by Crippen LogP contribution is -2.48. The van der Waals surface area contributed by atoms with E-state index in [4.69, 9.17) is 0 Å². The van der Waals surface area contributed by atoms with Gasteiger partial charge in [-0.25, -0.2) is 9.40 Å². The summed E-state index contributed by atoms with van der Waals surface area (Å²) < 4.78 is 13.5. The lowest BCUT2D eigenvalue weighted by molar-refractivity contribution is -0.145. The first-order valence-electron chi connectivity index (χ1n) is 11.5. The van der Waals surface area contributed by atoms with E-state index in [9.17, 15) is 14.0 Å². The summed E-state index contributed by atoms with van der Waals surface area (Å²) in [4.78, 5) is 29.7. The van der Waals surface area contributed by atoms with Gasteiger partial charge in [-0.2, -0.15) is 0 Å². The summed E-state index contributed by atoms with van der Waals surface area (Å²) in [5.41, 5.74) is 3.04. The van der Waals surface area contributed by atoms with Gasteiger partial charge in [-0.1, -0.05) is 38.1 Å². The van der Waals surface area contributed by atoms with Crippen molar-refractivity contribution < 1.29 is 14.0 Å². The molecule has 1 aliphatic heterocycles. The van der Waals surface area contributed by atoms with Crippen LogP contribution in [-0.2, 0) is 22.7 Å². The van der Waals surface area contributed by atoms with Crippen molar-refractivity contribution in [3.63, 3.8) is 0 Å². The molecule has 2 amide bonds. The number of nitrogens with one attached hydrogen (secondary N) is 1. The van der Waals surface area contributed by atoms with E-state index in [2.05, 4.69) is 36.2 Å². The van der Waals surface area contributed by atoms with E-state index in [0.717, 1.165) is 19.6 Å². The van der Waals surface area contributed by atoms with E-state index in [1.54, 1.807) is 29.1 Å². The minimum atomic E-state index is -0.361. The number of rotatable bonds is 11. The number of hydrazine groups is 1. The second-order valence-corrected chi connectivity index (χ2v) is 8.22. The van der Waals surface area contributed by atoms with Crippen molar-refractivity contribution in [2.75, 3.05) is 51.2 Å². The maximum absolute atomic E-state index is 13.5. The van der Waals surface area contributed by atoms with Gasteiger partial charge in [0.05, 0.1) is 13.1 Å². The van der Waals surface area contributed by atoms with E-state index < -0.39 is 0 Å². The zero-order chi connectivity index (χ0) is 23.8. The first kappa shape index (κ1) is 24.7. The number of amides is 2. The van der Waals surface area contributed by atoms with E-state index in [1.807, 2.05) is 17.1 Å². The molecule has 1 N–H and O–H groups in total. The Morgan fingerprint density at radius 1 is 0.970 bits per heavy atom. The number of fused-ring (bicyclic) bond motifs is 1. The zero-order valence-electron chi connectivity index (χ0n) is 19.8. The summed E-state index contributed by atoms with van der Waals surface area (Å²) in [5, 5.41) is 6.54. The molecule has 8 heteroatoms. The van der Waals surface area contributed by atoms with Crippen LogP contribution in [0.25, 0.3) is 0 Å². The Hall–Kier alpha value is -2.97. The monoisotopic (exact) mass is 455 g/mol. The molecular weight excluding hydrogens is 421 g/mol. The van der Waals surface area contributed by atoms with Gasteiger partial charge in [-0.15, -0.1) is 0 Å². The van der Waals surface area contributed by atoms with Crippen LogP contribution in [-0.4, -0.2) is 73.0 Å². The number of likely N-dealkylation sites (N-methyl/N-ethyl adjacent to an activating group) is 2. The fourth-order valence-corrected chi connectivity index (χ4v) is 3.96. The third-order valence-corrected chi connectivity index (χ3v) is 6.11. The Morgan fingerprint density at radius 3 is 2.15 bits per heavy atom. The molecule has 0 saturated heterocycles. The molecule has 178 valence electrons. The van der Waals surface area contributed by atoms with Gasteiger partial charge in [-0.3, -0.25) is 14.6 Å². The van der Waals surface area contributed by atoms with Crippen molar-refractivity contribution in [2.24, 2.45) is 0 Å². The Labute approximate surface area is 195 Å². The minimum Gasteiger partial charge on any atom is -0.353 e. The Morgan fingerprint density at radius 2 is 1.58 bits per heavy atom. The van der Waals surface area contributed by atoms with Gasteiger partial charge >= 0.3 is 0 Å². The van der Waals surface area contributed by atoms with Gasteiger partial charge in [0.1, 0.15) is 5.82 Å². The van der Waals surface area contributed by atoms with Crippen LogP contribution in [0.1, 0.15) is 25.0 Å². The van der Waals surface area contributed by atoms with Crippen LogP contribution in [0.4, 0.5) is 10.1 Å². The zero-order valence-corrected chi connectivity index (χ0v) is 19.8. The Balaban J connectivity index is 1.62. The minimum absolute atomic E-state index is 0.0123. The number of hydrogen-bond acceptors (Lipinski definition) is 5. The summed E-state index contributed by atoms with van der Waals surface area (Å²) in [6, 6.07) is 14.0. The van der Waals surface area contributed by atoms with Crippen molar-refractivity contribution in [1.29, 1.82) is 0 Å². The molecule has 0 atom stereocenters. The van der Waals surface area contributed by atoms with Gasteiger partial charge in [0.2, 0.25) is 5.91 Å². The summed E-state index contributed by atoms with van der Waals surface area (Å²) in [5.74, 6) is -0.667. The Bertz CT molecular complexity index is 908. The lowest BCUT2D eigenvalue weighted by Gasteiger charge is -2.31. The highest BCUT2D eigenvalue weighted by atomic mass is 19.1. The average molecular weight is 456 g/mol. The van der Waals surface area contributed by atoms with Gasteiger partial charge in [0, 0.05) is 38.9 Å². The van der Waals surface area contributed by atoms with E-state index >= 15 is 0 Å². The molecular formula is C25H34FN5O2. The van der Waals surface area contributed by atoms with Crippen LogP contribution in [0.15, 0.2) is 48.5 Å². The fourth-order valence-electron chi connectivity index (χ4n) is 3.96. The van der Waals surface area contributed by atoms with Crippen molar-refractivity contribution in [1.82, 2.24) is 20.2 Å². The summed E-state index contributed by atoms with van der Waals surface area (Å²) in [6.45, 7) is 8.70.